The highest BCUT2D eigenvalue weighted by molar-refractivity contribution is 6.51. The lowest BCUT2D eigenvalue weighted by Crippen LogP contribution is -2.29. The zero-order valence-electron chi connectivity index (χ0n) is 18.0. The Kier molecular flexibility index (Phi) is 6.21. The minimum Gasteiger partial charge on any atom is -0.507 e. The molecule has 0 aromatic heterocycles. The van der Waals surface area contributed by atoms with Gasteiger partial charge in [-0.15, -0.1) is 13.2 Å². The third kappa shape index (κ3) is 4.68. The van der Waals surface area contributed by atoms with E-state index in [0.29, 0.717) is 5.56 Å². The number of carbonyl (C=O) groups is 2. The van der Waals surface area contributed by atoms with Gasteiger partial charge in [-0.05, 0) is 48.0 Å². The summed E-state index contributed by atoms with van der Waals surface area (Å²) in [6, 6.07) is 14.8. The van der Waals surface area contributed by atoms with Gasteiger partial charge in [0.15, 0.2) is 0 Å². The molecule has 0 bridgehead atoms. The van der Waals surface area contributed by atoms with Gasteiger partial charge < -0.3 is 14.6 Å². The normalized spacial score (nSPS) is 17.5. The number of hydrogen-bond acceptors (Lipinski definition) is 5. The molecule has 6 nitrogen and oxygen atoms in total. The zero-order chi connectivity index (χ0) is 25.3. The molecule has 1 heterocycles. The van der Waals surface area contributed by atoms with Crippen LogP contribution in [-0.2, 0) is 9.59 Å². The molecule has 1 aliphatic rings. The summed E-state index contributed by atoms with van der Waals surface area (Å²) in [5.74, 6) is -3.90. The number of halogens is 4. The van der Waals surface area contributed by atoms with Gasteiger partial charge in [-0.2, -0.15) is 0 Å². The van der Waals surface area contributed by atoms with Gasteiger partial charge in [0.2, 0.25) is 0 Å². The van der Waals surface area contributed by atoms with Crippen LogP contribution in [0.3, 0.4) is 0 Å². The first kappa shape index (κ1) is 23.8. The predicted molar refractivity (Wildman–Crippen MR) is 117 cm³/mol. The fourth-order valence-electron chi connectivity index (χ4n) is 3.87. The van der Waals surface area contributed by atoms with Gasteiger partial charge in [-0.25, -0.2) is 4.39 Å². The number of hydrogen-bond donors (Lipinski definition) is 1. The number of aliphatic hydroxyl groups excluding tert-OH is 1. The van der Waals surface area contributed by atoms with Crippen LogP contribution in [0.1, 0.15) is 17.2 Å². The Bertz CT molecular complexity index is 1300. The third-order valence-corrected chi connectivity index (χ3v) is 5.32. The number of aliphatic hydroxyl groups is 1. The number of carbonyl (C=O) groups excluding carboxylic acids is 2. The minimum atomic E-state index is -4.90. The van der Waals surface area contributed by atoms with Crippen molar-refractivity contribution in [1.29, 1.82) is 0 Å². The smallest absolute Gasteiger partial charge is 0.507 e. The Hall–Kier alpha value is -4.34. The second-order valence-electron chi connectivity index (χ2n) is 7.47. The van der Waals surface area contributed by atoms with Crippen LogP contribution in [0.2, 0.25) is 0 Å². The molecule has 1 unspecified atom stereocenters. The van der Waals surface area contributed by atoms with Crippen LogP contribution in [0.4, 0.5) is 23.2 Å². The highest BCUT2D eigenvalue weighted by atomic mass is 19.4. The van der Waals surface area contributed by atoms with Crippen LogP contribution in [0, 0.1) is 5.82 Å². The Labute approximate surface area is 196 Å². The van der Waals surface area contributed by atoms with Crippen molar-refractivity contribution in [2.24, 2.45) is 0 Å². The minimum absolute atomic E-state index is 0.0653. The van der Waals surface area contributed by atoms with Gasteiger partial charge in [-0.1, -0.05) is 30.3 Å². The van der Waals surface area contributed by atoms with E-state index in [1.54, 1.807) is 30.3 Å². The summed E-state index contributed by atoms with van der Waals surface area (Å²) in [5.41, 5.74) is 0.0426. The number of ketones is 1. The molecule has 1 saturated heterocycles. The quantitative estimate of drug-likeness (QED) is 0.227. The first-order chi connectivity index (χ1) is 16.6. The number of benzene rings is 3. The summed E-state index contributed by atoms with van der Waals surface area (Å²) < 4.78 is 60.6. The average molecular weight is 487 g/mol. The Balaban J connectivity index is 1.88. The second kappa shape index (κ2) is 9.13. The summed E-state index contributed by atoms with van der Waals surface area (Å²) in [7, 11) is 1.29. The van der Waals surface area contributed by atoms with Crippen molar-refractivity contribution < 1.29 is 41.7 Å². The molecule has 3 aromatic carbocycles. The molecular formula is C25H17F4NO5. The lowest BCUT2D eigenvalue weighted by Gasteiger charge is -2.25. The highest BCUT2D eigenvalue weighted by Crippen LogP contribution is 2.43. The summed E-state index contributed by atoms with van der Waals surface area (Å²) in [6.45, 7) is 0. The van der Waals surface area contributed by atoms with Crippen molar-refractivity contribution in [2.45, 2.75) is 12.4 Å². The lowest BCUT2D eigenvalue weighted by molar-refractivity contribution is -0.274. The van der Waals surface area contributed by atoms with Gasteiger partial charge in [0.25, 0.3) is 11.7 Å². The lowest BCUT2D eigenvalue weighted by atomic mass is 9.95. The van der Waals surface area contributed by atoms with Gasteiger partial charge >= 0.3 is 6.36 Å². The van der Waals surface area contributed by atoms with Crippen molar-refractivity contribution in [3.63, 3.8) is 0 Å². The van der Waals surface area contributed by atoms with Crippen molar-refractivity contribution in [3.05, 3.63) is 95.3 Å². The van der Waals surface area contributed by atoms with E-state index in [2.05, 4.69) is 4.74 Å². The van der Waals surface area contributed by atoms with Crippen molar-refractivity contribution in [1.82, 2.24) is 0 Å². The van der Waals surface area contributed by atoms with E-state index in [1.165, 1.54) is 25.3 Å². The molecule has 1 N–H and O–H groups in total. The molecule has 3 aromatic rings. The molecule has 4 rings (SSSR count). The van der Waals surface area contributed by atoms with Crippen LogP contribution in [0.25, 0.3) is 5.76 Å². The summed E-state index contributed by atoms with van der Waals surface area (Å²) in [4.78, 5) is 27.2. The van der Waals surface area contributed by atoms with E-state index in [1.807, 2.05) is 0 Å². The SMILES string of the molecule is COc1ccc(F)cc1/C(O)=C1\C(=O)C(=O)N(c2ccc(OC(F)(F)F)cc2)C1c1ccccc1. The predicted octanol–water partition coefficient (Wildman–Crippen LogP) is 5.36. The van der Waals surface area contributed by atoms with E-state index in [-0.39, 0.29) is 22.6 Å². The maximum atomic E-state index is 14.0. The van der Waals surface area contributed by atoms with E-state index in [4.69, 9.17) is 4.74 Å². The molecule has 1 fully saturated rings. The van der Waals surface area contributed by atoms with Crippen LogP contribution in [0.5, 0.6) is 11.5 Å². The molecule has 0 spiro atoms. The number of ether oxygens (including phenoxy) is 2. The molecule has 1 amide bonds. The third-order valence-electron chi connectivity index (χ3n) is 5.32. The van der Waals surface area contributed by atoms with Crippen LogP contribution in [-0.4, -0.2) is 30.3 Å². The largest absolute Gasteiger partial charge is 0.573 e. The molecule has 1 aliphatic heterocycles. The van der Waals surface area contributed by atoms with Gasteiger partial charge in [0.1, 0.15) is 23.1 Å². The van der Waals surface area contributed by atoms with E-state index < -0.39 is 41.4 Å². The number of amides is 1. The summed E-state index contributed by atoms with van der Waals surface area (Å²) >= 11 is 0. The average Bonchev–Trinajstić information content (AvgIpc) is 3.09. The Morgan fingerprint density at radius 2 is 1.63 bits per heavy atom. The van der Waals surface area contributed by atoms with Crippen LogP contribution in [0.15, 0.2) is 78.4 Å². The van der Waals surface area contributed by atoms with Crippen LogP contribution >= 0.6 is 0 Å². The van der Waals surface area contributed by atoms with Crippen molar-refractivity contribution >= 4 is 23.1 Å². The molecule has 10 heteroatoms. The molecule has 0 radical (unpaired) electrons. The second-order valence-corrected chi connectivity index (χ2v) is 7.47. The van der Waals surface area contributed by atoms with Crippen LogP contribution < -0.4 is 14.4 Å². The van der Waals surface area contributed by atoms with Gasteiger partial charge in [0.05, 0.1) is 24.3 Å². The molecule has 1 atom stereocenters. The highest BCUT2D eigenvalue weighted by Gasteiger charge is 2.47. The standard InChI is InChI=1S/C25H17F4NO5/c1-34-19-12-7-15(26)13-18(19)22(31)20-21(14-5-3-2-4-6-14)30(24(33)23(20)32)16-8-10-17(11-9-16)35-25(27,28)29/h2-13,21,31H,1H3/b22-20+. The van der Waals surface area contributed by atoms with E-state index in [9.17, 15) is 32.3 Å². The maximum Gasteiger partial charge on any atom is 0.573 e. The molecule has 180 valence electrons. The van der Waals surface area contributed by atoms with Crippen molar-refractivity contribution in [2.75, 3.05) is 12.0 Å². The van der Waals surface area contributed by atoms with Crippen molar-refractivity contribution in [3.8, 4) is 11.5 Å². The number of methoxy groups -OCH3 is 1. The number of nitrogens with zero attached hydrogens (tertiary/aromatic N) is 1. The molecular weight excluding hydrogens is 470 g/mol. The fourth-order valence-corrected chi connectivity index (χ4v) is 3.87. The number of Topliss-reactive ketones (excluding diaryl/α,β-unsaturated/α-hetero) is 1. The zero-order valence-corrected chi connectivity index (χ0v) is 18.0. The maximum absolute atomic E-state index is 14.0. The Morgan fingerprint density at radius 1 is 0.971 bits per heavy atom. The van der Waals surface area contributed by atoms with Gasteiger partial charge in [-0.3, -0.25) is 14.5 Å². The number of alkyl halides is 3. The first-order valence-corrected chi connectivity index (χ1v) is 10.2. The Morgan fingerprint density at radius 3 is 2.23 bits per heavy atom. The van der Waals surface area contributed by atoms with E-state index >= 15 is 0 Å². The fraction of sp³-hybridized carbons (Fsp3) is 0.120. The molecule has 0 saturated carbocycles. The summed E-state index contributed by atoms with van der Waals surface area (Å²) in [5, 5.41) is 11.1. The number of rotatable bonds is 5. The van der Waals surface area contributed by atoms with Gasteiger partial charge in [0, 0.05) is 5.69 Å². The first-order valence-electron chi connectivity index (χ1n) is 10.2. The van der Waals surface area contributed by atoms with E-state index in [0.717, 1.165) is 29.2 Å². The summed E-state index contributed by atoms with van der Waals surface area (Å²) in [6.07, 6.45) is -4.90. The topological polar surface area (TPSA) is 76.1 Å². The number of anilines is 1. The monoisotopic (exact) mass is 487 g/mol. The molecule has 0 aliphatic carbocycles. The molecule has 35 heavy (non-hydrogen) atoms.